The lowest BCUT2D eigenvalue weighted by Crippen LogP contribution is -3.14. The van der Waals surface area contributed by atoms with Crippen molar-refractivity contribution in [1.29, 1.82) is 0 Å². The summed E-state index contributed by atoms with van der Waals surface area (Å²) < 4.78 is 116. The lowest BCUT2D eigenvalue weighted by atomic mass is 10.4. The molecule has 15 rings (SSSR count). The van der Waals surface area contributed by atoms with Crippen LogP contribution in [0.1, 0.15) is 0 Å². The van der Waals surface area contributed by atoms with Crippen molar-refractivity contribution >= 4 is 130 Å². The zero-order valence-electron chi connectivity index (χ0n) is 41.0. The lowest BCUT2D eigenvalue weighted by molar-refractivity contribution is -0.179. The number of fused-ring (bicyclic) bond motifs is 6. The van der Waals surface area contributed by atoms with Crippen LogP contribution in [0.15, 0.2) is 243 Å². The Morgan fingerprint density at radius 1 is 0.237 bits per heavy atom. The third-order valence-electron chi connectivity index (χ3n) is 15.0. The Labute approximate surface area is 451 Å². The van der Waals surface area contributed by atoms with E-state index in [-0.39, 0.29) is 0 Å². The molecule has 7 aliphatic heterocycles. The van der Waals surface area contributed by atoms with Crippen LogP contribution in [0.25, 0.3) is 0 Å². The van der Waals surface area contributed by atoms with Gasteiger partial charge in [-0.25, -0.2) is 0 Å². The predicted molar refractivity (Wildman–Crippen MR) is 301 cm³/mol. The van der Waals surface area contributed by atoms with Gasteiger partial charge in [-0.2, -0.15) is 0 Å². The van der Waals surface area contributed by atoms with Gasteiger partial charge in [0, 0.05) is 31.1 Å². The molecule has 7 aliphatic rings. The zero-order chi connectivity index (χ0) is 51.0. The van der Waals surface area contributed by atoms with Crippen LogP contribution in [0.5, 0.6) is 0 Å². The van der Waals surface area contributed by atoms with Crippen LogP contribution in [-0.4, -0.2) is 98.1 Å². The molecule has 8 atom stereocenters. The molecule has 8 aromatic carbocycles. The van der Waals surface area contributed by atoms with Crippen LogP contribution in [0.3, 0.4) is 0 Å². The van der Waals surface area contributed by atoms with E-state index < -0.39 is 98.1 Å². The summed E-state index contributed by atoms with van der Waals surface area (Å²) >= 11 is 0. The molecule has 14 nitrogen and oxygen atoms in total. The quantitative estimate of drug-likeness (QED) is 0.207. The normalized spacial score (nSPS) is 38.7. The second kappa shape index (κ2) is 17.4. The van der Waals surface area contributed by atoms with Gasteiger partial charge >= 0.3 is 88.0 Å². The summed E-state index contributed by atoms with van der Waals surface area (Å²) in [4.78, 5) is 0. The molecule has 0 radical (unpaired) electrons. The van der Waals surface area contributed by atoms with Gasteiger partial charge in [-0.05, 0) is 23.5 Å². The summed E-state index contributed by atoms with van der Waals surface area (Å²) in [7, 11) is -44.2. The SMILES string of the molecule is C[SiH]1O[Si]2(c3ccccc3)OC34O[Si](c5ccccc5)(O2)O[Si]2(c5ccccc5)O[SiH](C)O[Si]5(c6ccccc6)OC6(O[Si](c7ccccc7)(O5)O[Si](c5ccccc5)(O1)O[Si]63c1ccccc1)[Si]4(c1ccccc1)O2. The van der Waals surface area contributed by atoms with Gasteiger partial charge in [0.05, 0.1) is 0 Å². The highest BCUT2D eigenvalue weighted by Crippen LogP contribution is 2.69. The Bertz CT molecular complexity index is 3230. The first-order valence-corrected chi connectivity index (χ1v) is 43.6. The van der Waals surface area contributed by atoms with Gasteiger partial charge in [-0.3, -0.25) is 0 Å². The molecule has 0 aliphatic carbocycles. The highest BCUT2D eigenvalue weighted by Gasteiger charge is 3.08. The van der Waals surface area contributed by atoms with Gasteiger partial charge in [0.1, 0.15) is 0 Å². The molecule has 7 fully saturated rings. The van der Waals surface area contributed by atoms with Crippen molar-refractivity contribution in [2.45, 2.75) is 23.2 Å². The van der Waals surface area contributed by atoms with E-state index in [9.17, 15) is 0 Å². The average Bonchev–Trinajstić information content (AvgIpc) is 2.14. The first-order valence-electron chi connectivity index (χ1n) is 25.3. The summed E-state index contributed by atoms with van der Waals surface area (Å²) in [5.41, 5.74) is 0. The third kappa shape index (κ3) is 6.50. The van der Waals surface area contributed by atoms with Crippen LogP contribution in [0, 0.1) is 0 Å². The topological polar surface area (TPSA) is 129 Å². The number of hydrogen-bond acceptors (Lipinski definition) is 14. The molecule has 10 bridgehead atoms. The smallest absolute Gasteiger partial charge is 0.401 e. The highest BCUT2D eigenvalue weighted by molar-refractivity contribution is 7.30. The first kappa shape index (κ1) is 48.5. The van der Waals surface area contributed by atoms with E-state index >= 15 is 0 Å². The fourth-order valence-electron chi connectivity index (χ4n) is 12.1. The minimum absolute atomic E-state index is 0.637. The fourth-order valence-corrected chi connectivity index (χ4v) is 72.6. The Hall–Kier alpha value is -4.63. The predicted octanol–water partition coefficient (Wildman–Crippen LogP) is 2.35. The molecule has 0 saturated carbocycles. The van der Waals surface area contributed by atoms with Crippen molar-refractivity contribution in [1.82, 2.24) is 0 Å². The second-order valence-electron chi connectivity index (χ2n) is 19.5. The minimum Gasteiger partial charge on any atom is -0.401 e. The molecule has 0 N–H and O–H groups in total. The summed E-state index contributed by atoms with van der Waals surface area (Å²) in [6.45, 7) is 3.95. The van der Waals surface area contributed by atoms with Crippen molar-refractivity contribution in [3.05, 3.63) is 243 Å². The molecule has 0 amide bonds. The average molecular weight is 1180 g/mol. The number of benzene rings is 8. The number of rotatable bonds is 8. The van der Waals surface area contributed by atoms with Crippen molar-refractivity contribution in [2.24, 2.45) is 0 Å². The van der Waals surface area contributed by atoms with Gasteiger partial charge < -0.3 is 58.9 Å². The fraction of sp³-hybridized carbons (Fsp3) is 0.0769. The second-order valence-corrected chi connectivity index (χ2v) is 48.9. The van der Waals surface area contributed by atoms with E-state index in [1.165, 1.54) is 0 Å². The van der Waals surface area contributed by atoms with Gasteiger partial charge in [-0.15, -0.1) is 0 Å². The molecular formula is C52H48O14Si10. The molecule has 380 valence electrons. The van der Waals surface area contributed by atoms with Gasteiger partial charge in [0.25, 0.3) is 0 Å². The summed E-state index contributed by atoms with van der Waals surface area (Å²) in [6.07, 6.45) is 0. The summed E-state index contributed by atoms with van der Waals surface area (Å²) in [6, 6.07) is 79.5. The van der Waals surface area contributed by atoms with E-state index in [4.69, 9.17) is 58.9 Å². The summed E-state index contributed by atoms with van der Waals surface area (Å²) in [5.74, 6) is 0. The molecule has 7 heterocycles. The molecule has 7 saturated heterocycles. The zero-order valence-corrected chi connectivity index (χ0v) is 51.3. The standard InChI is InChI=1S/C52H48O14Si10/c1-67-57-71(45-31-15-5-16-32-45)53-51-55-73(63-71,47-35-19-7-20-36-47)66-76(50-41-25-10-26-42-50)60-68(2)58-72(46-33-17-6-18-34-46)54-52(70(51,62-76)44-29-13-4-14-30-44)56-74(64-72,48-37-21-8-22-38-48)65-75(59-67,49-39-23-9-24-40-49)61-69(51,52)43-27-11-3-12-28-43/h3-42,67-68H,1-2H3. The van der Waals surface area contributed by atoms with Gasteiger partial charge in [-0.1, -0.05) is 243 Å². The summed E-state index contributed by atoms with van der Waals surface area (Å²) in [5, 5.41) is 1.21. The largest absolute Gasteiger partial charge is 0.524 e. The number of hydrogen-bond donors (Lipinski definition) is 0. The monoisotopic (exact) mass is 1180 g/mol. The maximum absolute atomic E-state index is 8.73. The molecule has 24 heteroatoms. The van der Waals surface area contributed by atoms with Gasteiger partial charge in [0.15, 0.2) is 0 Å². The van der Waals surface area contributed by atoms with E-state index in [0.29, 0.717) is 41.5 Å². The molecular weight excluding hydrogens is 1130 g/mol. The van der Waals surface area contributed by atoms with Crippen molar-refractivity contribution in [3.8, 4) is 0 Å². The molecule has 8 aromatic rings. The molecule has 2 spiro atoms. The van der Waals surface area contributed by atoms with E-state index in [2.05, 4.69) is 24.3 Å². The Morgan fingerprint density at radius 3 is 0.711 bits per heavy atom. The maximum atomic E-state index is 8.73. The molecule has 76 heavy (non-hydrogen) atoms. The van der Waals surface area contributed by atoms with Crippen molar-refractivity contribution in [2.75, 3.05) is 0 Å². The molecule has 8 unspecified atom stereocenters. The first-order chi connectivity index (χ1) is 37.1. The van der Waals surface area contributed by atoms with E-state index in [1.807, 2.05) is 231 Å². The lowest BCUT2D eigenvalue weighted by Gasteiger charge is -2.76. The van der Waals surface area contributed by atoms with Crippen molar-refractivity contribution in [3.63, 3.8) is 0 Å². The van der Waals surface area contributed by atoms with Crippen LogP contribution < -0.4 is 41.5 Å². The Balaban J connectivity index is 1.22. The van der Waals surface area contributed by atoms with Crippen LogP contribution in [0.2, 0.25) is 13.1 Å². The van der Waals surface area contributed by atoms with Crippen LogP contribution in [0.4, 0.5) is 0 Å². The van der Waals surface area contributed by atoms with E-state index in [1.54, 1.807) is 0 Å². The van der Waals surface area contributed by atoms with Crippen LogP contribution in [-0.2, 0) is 58.9 Å². The Morgan fingerprint density at radius 2 is 0.434 bits per heavy atom. The van der Waals surface area contributed by atoms with Crippen LogP contribution >= 0.6 is 0 Å². The highest BCUT2D eigenvalue weighted by atomic mass is 28.6. The van der Waals surface area contributed by atoms with Gasteiger partial charge in [0.2, 0.25) is 10.1 Å². The molecule has 0 aromatic heterocycles. The minimum atomic E-state index is -4.92. The third-order valence-corrected chi connectivity index (χ3v) is 59.6. The maximum Gasteiger partial charge on any atom is 0.524 e. The Kier molecular flexibility index (Phi) is 11.1. The van der Waals surface area contributed by atoms with Crippen molar-refractivity contribution < 1.29 is 58.9 Å². The van der Waals surface area contributed by atoms with E-state index in [0.717, 1.165) is 0 Å².